The third kappa shape index (κ3) is 1.27. The molecule has 80 valence electrons. The lowest BCUT2D eigenvalue weighted by Gasteiger charge is -2.04. The fourth-order valence-corrected chi connectivity index (χ4v) is 2.35. The average molecular weight is 231 g/mol. The van der Waals surface area contributed by atoms with Gasteiger partial charge in [0.25, 0.3) is 0 Å². The Morgan fingerprint density at radius 3 is 2.56 bits per heavy atom. The maximum absolute atomic E-state index is 11.0. The highest BCUT2D eigenvalue weighted by atomic mass is 32.2. The standard InChI is InChI=1S/C12H8O3S/c13-16(14)11-7-3-5-9-8-4-1-2-6-10(8)15-12(9)11/h1-7H,(H,13,14)/p-1. The molecule has 0 radical (unpaired) electrons. The summed E-state index contributed by atoms with van der Waals surface area (Å²) in [7, 11) is 0. The molecule has 3 aromatic rings. The summed E-state index contributed by atoms with van der Waals surface area (Å²) >= 11 is -2.27. The number of furan rings is 1. The van der Waals surface area contributed by atoms with E-state index in [1.54, 1.807) is 6.07 Å². The normalized spacial score (nSPS) is 13.3. The van der Waals surface area contributed by atoms with Gasteiger partial charge in [0.2, 0.25) is 0 Å². The molecule has 0 N–H and O–H groups in total. The molecule has 0 amide bonds. The fraction of sp³-hybridized carbons (Fsp3) is 0. The van der Waals surface area contributed by atoms with Gasteiger partial charge in [0, 0.05) is 10.8 Å². The van der Waals surface area contributed by atoms with E-state index in [2.05, 4.69) is 0 Å². The van der Waals surface area contributed by atoms with Gasteiger partial charge in [-0.25, -0.2) is 0 Å². The summed E-state index contributed by atoms with van der Waals surface area (Å²) in [5.41, 5.74) is 1.13. The highest BCUT2D eigenvalue weighted by Crippen LogP contribution is 2.31. The van der Waals surface area contributed by atoms with E-state index in [1.807, 2.05) is 30.3 Å². The van der Waals surface area contributed by atoms with Crippen LogP contribution in [0.5, 0.6) is 0 Å². The van der Waals surface area contributed by atoms with E-state index < -0.39 is 11.1 Å². The summed E-state index contributed by atoms with van der Waals surface area (Å²) in [6, 6.07) is 12.6. The summed E-state index contributed by atoms with van der Waals surface area (Å²) in [5.74, 6) is 0. The molecule has 16 heavy (non-hydrogen) atoms. The maximum Gasteiger partial charge on any atom is 0.150 e. The summed E-state index contributed by atoms with van der Waals surface area (Å²) in [5, 5.41) is 1.77. The SMILES string of the molecule is O=S([O-])c1cccc2c1oc1ccccc12. The molecular formula is C12H7O3S-. The number of hydrogen-bond acceptors (Lipinski definition) is 3. The van der Waals surface area contributed by atoms with Crippen LogP contribution >= 0.6 is 0 Å². The first-order valence-electron chi connectivity index (χ1n) is 4.77. The molecule has 1 heterocycles. The van der Waals surface area contributed by atoms with Crippen LogP contribution < -0.4 is 0 Å². The zero-order chi connectivity index (χ0) is 11.1. The predicted molar refractivity (Wildman–Crippen MR) is 60.9 cm³/mol. The van der Waals surface area contributed by atoms with Crippen molar-refractivity contribution in [2.75, 3.05) is 0 Å². The lowest BCUT2D eigenvalue weighted by atomic mass is 10.1. The number of rotatable bonds is 1. The molecule has 0 aliphatic heterocycles. The third-order valence-electron chi connectivity index (χ3n) is 2.55. The molecule has 0 aliphatic carbocycles. The smallest absolute Gasteiger partial charge is 0.150 e. The number of para-hydroxylation sites is 2. The van der Waals surface area contributed by atoms with Gasteiger partial charge in [-0.3, -0.25) is 4.21 Å². The zero-order valence-electron chi connectivity index (χ0n) is 8.17. The minimum atomic E-state index is -2.27. The van der Waals surface area contributed by atoms with Crippen molar-refractivity contribution in [1.82, 2.24) is 0 Å². The van der Waals surface area contributed by atoms with Crippen LogP contribution in [0.3, 0.4) is 0 Å². The molecule has 0 fully saturated rings. The third-order valence-corrected chi connectivity index (χ3v) is 3.23. The summed E-state index contributed by atoms with van der Waals surface area (Å²) < 4.78 is 27.6. The number of benzene rings is 2. The molecule has 1 aromatic heterocycles. The Labute approximate surface area is 94.0 Å². The van der Waals surface area contributed by atoms with Gasteiger partial charge in [-0.05, 0) is 23.2 Å². The molecule has 0 saturated heterocycles. The van der Waals surface area contributed by atoms with Gasteiger partial charge in [-0.15, -0.1) is 0 Å². The van der Waals surface area contributed by atoms with E-state index in [0.29, 0.717) is 11.2 Å². The topological polar surface area (TPSA) is 53.3 Å². The molecule has 3 rings (SSSR count). The summed E-state index contributed by atoms with van der Waals surface area (Å²) in [6.45, 7) is 0. The lowest BCUT2D eigenvalue weighted by Crippen LogP contribution is -1.88. The Morgan fingerprint density at radius 1 is 1.00 bits per heavy atom. The highest BCUT2D eigenvalue weighted by molar-refractivity contribution is 7.79. The van der Waals surface area contributed by atoms with Gasteiger partial charge in [-0.1, -0.05) is 30.3 Å². The summed E-state index contributed by atoms with van der Waals surface area (Å²) in [4.78, 5) is 0.203. The van der Waals surface area contributed by atoms with Gasteiger partial charge >= 0.3 is 0 Å². The molecular weight excluding hydrogens is 224 g/mol. The minimum Gasteiger partial charge on any atom is -0.768 e. The van der Waals surface area contributed by atoms with E-state index in [0.717, 1.165) is 10.8 Å². The van der Waals surface area contributed by atoms with Crippen molar-refractivity contribution in [3.63, 3.8) is 0 Å². The monoisotopic (exact) mass is 231 g/mol. The van der Waals surface area contributed by atoms with Gasteiger partial charge in [0.1, 0.15) is 11.2 Å². The quantitative estimate of drug-likeness (QED) is 0.605. The van der Waals surface area contributed by atoms with Crippen molar-refractivity contribution in [1.29, 1.82) is 0 Å². The second-order valence-electron chi connectivity index (χ2n) is 3.47. The van der Waals surface area contributed by atoms with Gasteiger partial charge in [0.15, 0.2) is 0 Å². The van der Waals surface area contributed by atoms with Gasteiger partial charge < -0.3 is 8.97 Å². The predicted octanol–water partition coefficient (Wildman–Crippen LogP) is 2.82. The van der Waals surface area contributed by atoms with Crippen LogP contribution in [0.4, 0.5) is 0 Å². The number of fused-ring (bicyclic) bond motifs is 3. The van der Waals surface area contributed by atoms with Crippen LogP contribution in [-0.2, 0) is 11.1 Å². The van der Waals surface area contributed by atoms with Crippen LogP contribution in [0.15, 0.2) is 51.8 Å². The molecule has 0 aliphatic rings. The van der Waals surface area contributed by atoms with Crippen molar-refractivity contribution in [3.05, 3.63) is 42.5 Å². The molecule has 1 atom stereocenters. The first kappa shape index (κ1) is 9.57. The van der Waals surface area contributed by atoms with E-state index >= 15 is 0 Å². The Kier molecular flexibility index (Phi) is 2.05. The van der Waals surface area contributed by atoms with Crippen LogP contribution in [0.1, 0.15) is 0 Å². The second kappa shape index (κ2) is 3.43. The van der Waals surface area contributed by atoms with Crippen LogP contribution in [0, 0.1) is 0 Å². The Hall–Kier alpha value is -1.65. The second-order valence-corrected chi connectivity index (χ2v) is 4.38. The number of hydrogen-bond donors (Lipinski definition) is 0. The maximum atomic E-state index is 11.0. The average Bonchev–Trinajstić information content (AvgIpc) is 2.67. The molecule has 0 spiro atoms. The lowest BCUT2D eigenvalue weighted by molar-refractivity contribution is 0.535. The molecule has 3 nitrogen and oxygen atoms in total. The molecule has 1 unspecified atom stereocenters. The van der Waals surface area contributed by atoms with Gasteiger partial charge in [0.05, 0.1) is 4.90 Å². The van der Waals surface area contributed by atoms with E-state index in [1.165, 1.54) is 6.07 Å². The van der Waals surface area contributed by atoms with Crippen molar-refractivity contribution in [3.8, 4) is 0 Å². The summed E-state index contributed by atoms with van der Waals surface area (Å²) in [6.07, 6.45) is 0. The Bertz CT molecular complexity index is 700. The van der Waals surface area contributed by atoms with Crippen LogP contribution in [0.25, 0.3) is 21.9 Å². The fourth-order valence-electron chi connectivity index (χ4n) is 1.85. The van der Waals surface area contributed by atoms with Crippen molar-refractivity contribution < 1.29 is 13.2 Å². The van der Waals surface area contributed by atoms with Crippen LogP contribution in [0.2, 0.25) is 0 Å². The van der Waals surface area contributed by atoms with Gasteiger partial charge in [-0.2, -0.15) is 0 Å². The Morgan fingerprint density at radius 2 is 1.75 bits per heavy atom. The van der Waals surface area contributed by atoms with Crippen molar-refractivity contribution in [2.45, 2.75) is 4.90 Å². The molecule has 2 aromatic carbocycles. The van der Waals surface area contributed by atoms with E-state index in [-0.39, 0.29) is 4.90 Å². The van der Waals surface area contributed by atoms with Crippen molar-refractivity contribution in [2.24, 2.45) is 0 Å². The molecule has 4 heteroatoms. The van der Waals surface area contributed by atoms with E-state index in [9.17, 15) is 8.76 Å². The zero-order valence-corrected chi connectivity index (χ0v) is 8.99. The highest BCUT2D eigenvalue weighted by Gasteiger charge is 2.09. The molecule has 0 saturated carbocycles. The Balaban J connectivity index is 2.54. The first-order valence-corrected chi connectivity index (χ1v) is 5.84. The van der Waals surface area contributed by atoms with Crippen LogP contribution in [-0.4, -0.2) is 8.76 Å². The largest absolute Gasteiger partial charge is 0.768 e. The minimum absolute atomic E-state index is 0.203. The first-order chi connectivity index (χ1) is 7.77. The van der Waals surface area contributed by atoms with Crippen molar-refractivity contribution >= 4 is 33.0 Å². The molecule has 0 bridgehead atoms. The van der Waals surface area contributed by atoms with E-state index in [4.69, 9.17) is 4.42 Å².